The van der Waals surface area contributed by atoms with Crippen molar-refractivity contribution in [2.45, 2.75) is 20.8 Å². The number of thiophene rings is 1. The van der Waals surface area contributed by atoms with Gasteiger partial charge in [0.15, 0.2) is 11.5 Å². The smallest absolute Gasteiger partial charge is 0.341 e. The molecule has 0 atom stereocenters. The van der Waals surface area contributed by atoms with E-state index in [9.17, 15) is 9.59 Å². The second-order valence-corrected chi connectivity index (χ2v) is 8.31. The third-order valence-electron chi connectivity index (χ3n) is 5.05. The highest BCUT2D eigenvalue weighted by molar-refractivity contribution is 7.15. The Kier molecular flexibility index (Phi) is 7.08. The molecule has 4 rings (SSSR count). The van der Waals surface area contributed by atoms with E-state index < -0.39 is 11.9 Å². The van der Waals surface area contributed by atoms with Crippen LogP contribution in [0.15, 0.2) is 64.5 Å². The molecule has 7 nitrogen and oxygen atoms in total. The van der Waals surface area contributed by atoms with Gasteiger partial charge in [0.05, 0.1) is 13.2 Å². The SMILES string of the molecule is CCOC(=O)c1c(-c2ccc(C)cc2)csc1NC(=O)c1cc(-c2ccc(OCC)cc2)on1. The summed E-state index contributed by atoms with van der Waals surface area (Å²) < 4.78 is 16.1. The number of hydrogen-bond acceptors (Lipinski definition) is 7. The largest absolute Gasteiger partial charge is 0.494 e. The molecule has 0 radical (unpaired) electrons. The number of benzene rings is 2. The molecular formula is C26H24N2O5S. The first-order valence-electron chi connectivity index (χ1n) is 10.9. The average Bonchev–Trinajstić information content (AvgIpc) is 3.48. The molecule has 1 amide bonds. The molecule has 0 spiro atoms. The van der Waals surface area contributed by atoms with Crippen LogP contribution in [-0.4, -0.2) is 30.2 Å². The maximum atomic E-state index is 12.9. The van der Waals surface area contributed by atoms with E-state index in [4.69, 9.17) is 14.0 Å². The van der Waals surface area contributed by atoms with E-state index in [0.717, 1.165) is 22.4 Å². The van der Waals surface area contributed by atoms with Gasteiger partial charge in [-0.2, -0.15) is 0 Å². The van der Waals surface area contributed by atoms with Crippen LogP contribution in [0.4, 0.5) is 5.00 Å². The standard InChI is InChI=1S/C26H24N2O5S/c1-4-31-19-12-10-18(11-13-19)22-14-21(28-33-22)24(29)27-25-23(26(30)32-5-2)20(15-34-25)17-8-6-16(3)7-9-17/h6-15H,4-5H2,1-3H3,(H,27,29). The van der Waals surface area contributed by atoms with Gasteiger partial charge in [-0.15, -0.1) is 11.3 Å². The monoisotopic (exact) mass is 476 g/mol. The molecule has 8 heteroatoms. The van der Waals surface area contributed by atoms with Gasteiger partial charge in [0.25, 0.3) is 5.91 Å². The van der Waals surface area contributed by atoms with E-state index in [2.05, 4.69) is 10.5 Å². The number of hydrogen-bond donors (Lipinski definition) is 1. The van der Waals surface area contributed by atoms with Crippen LogP contribution in [0.3, 0.4) is 0 Å². The number of aryl methyl sites for hydroxylation is 1. The van der Waals surface area contributed by atoms with Crippen LogP contribution in [0.25, 0.3) is 22.5 Å². The summed E-state index contributed by atoms with van der Waals surface area (Å²) in [4.78, 5) is 25.7. The Balaban J connectivity index is 1.58. The fourth-order valence-corrected chi connectivity index (χ4v) is 4.32. The van der Waals surface area contributed by atoms with E-state index in [-0.39, 0.29) is 12.3 Å². The van der Waals surface area contributed by atoms with E-state index in [0.29, 0.717) is 28.5 Å². The molecule has 0 fully saturated rings. The van der Waals surface area contributed by atoms with Gasteiger partial charge in [-0.25, -0.2) is 4.79 Å². The number of esters is 1. The molecule has 4 aromatic rings. The summed E-state index contributed by atoms with van der Waals surface area (Å²) >= 11 is 1.26. The molecule has 0 aliphatic carbocycles. The molecule has 2 aromatic heterocycles. The first-order valence-corrected chi connectivity index (χ1v) is 11.7. The van der Waals surface area contributed by atoms with Crippen molar-refractivity contribution in [1.82, 2.24) is 5.16 Å². The van der Waals surface area contributed by atoms with Gasteiger partial charge >= 0.3 is 5.97 Å². The summed E-state index contributed by atoms with van der Waals surface area (Å²) in [5.74, 6) is 0.219. The zero-order valence-electron chi connectivity index (χ0n) is 19.1. The maximum absolute atomic E-state index is 12.9. The third-order valence-corrected chi connectivity index (χ3v) is 5.95. The van der Waals surface area contributed by atoms with Crippen LogP contribution in [0.1, 0.15) is 40.3 Å². The van der Waals surface area contributed by atoms with Crippen LogP contribution < -0.4 is 10.1 Å². The van der Waals surface area contributed by atoms with Gasteiger partial charge in [-0.1, -0.05) is 35.0 Å². The minimum absolute atomic E-state index is 0.101. The highest BCUT2D eigenvalue weighted by Crippen LogP contribution is 2.36. The second-order valence-electron chi connectivity index (χ2n) is 7.43. The summed E-state index contributed by atoms with van der Waals surface area (Å²) in [6, 6.07) is 16.7. The van der Waals surface area contributed by atoms with Crippen molar-refractivity contribution < 1.29 is 23.6 Å². The number of nitrogens with one attached hydrogen (secondary N) is 1. The molecule has 2 heterocycles. The van der Waals surface area contributed by atoms with Crippen molar-refractivity contribution >= 4 is 28.2 Å². The number of carbonyl (C=O) groups is 2. The number of ether oxygens (including phenoxy) is 2. The van der Waals surface area contributed by atoms with Crippen LogP contribution in [0.5, 0.6) is 5.75 Å². The molecule has 0 saturated carbocycles. The number of aromatic nitrogens is 1. The minimum Gasteiger partial charge on any atom is -0.494 e. The normalized spacial score (nSPS) is 10.7. The predicted molar refractivity (Wildman–Crippen MR) is 132 cm³/mol. The summed E-state index contributed by atoms with van der Waals surface area (Å²) in [5, 5.41) is 8.92. The molecule has 0 saturated heterocycles. The molecule has 2 aromatic carbocycles. The molecule has 1 N–H and O–H groups in total. The molecular weight excluding hydrogens is 452 g/mol. The lowest BCUT2D eigenvalue weighted by Crippen LogP contribution is -2.15. The van der Waals surface area contributed by atoms with Gasteiger partial charge < -0.3 is 19.3 Å². The minimum atomic E-state index is -0.496. The van der Waals surface area contributed by atoms with Gasteiger partial charge in [0.2, 0.25) is 0 Å². The zero-order valence-corrected chi connectivity index (χ0v) is 19.9. The summed E-state index contributed by atoms with van der Waals surface area (Å²) in [6.07, 6.45) is 0. The number of anilines is 1. The number of amides is 1. The van der Waals surface area contributed by atoms with Crippen LogP contribution in [0.2, 0.25) is 0 Å². The quantitative estimate of drug-likeness (QED) is 0.304. The topological polar surface area (TPSA) is 90.7 Å². The van der Waals surface area contributed by atoms with Gasteiger partial charge in [-0.05, 0) is 50.6 Å². The summed E-state index contributed by atoms with van der Waals surface area (Å²) in [5.41, 5.74) is 3.86. The van der Waals surface area contributed by atoms with Crippen molar-refractivity contribution in [3.63, 3.8) is 0 Å². The van der Waals surface area contributed by atoms with Crippen molar-refractivity contribution in [2.75, 3.05) is 18.5 Å². The highest BCUT2D eigenvalue weighted by atomic mass is 32.1. The van der Waals surface area contributed by atoms with Crippen molar-refractivity contribution in [2.24, 2.45) is 0 Å². The Morgan fingerprint density at radius 3 is 2.38 bits per heavy atom. The molecule has 0 bridgehead atoms. The van der Waals surface area contributed by atoms with Crippen molar-refractivity contribution in [3.05, 3.63) is 76.8 Å². The van der Waals surface area contributed by atoms with Gasteiger partial charge in [0, 0.05) is 22.6 Å². The zero-order chi connectivity index (χ0) is 24.1. The molecule has 174 valence electrons. The lowest BCUT2D eigenvalue weighted by Gasteiger charge is -2.08. The van der Waals surface area contributed by atoms with Crippen molar-refractivity contribution in [3.8, 4) is 28.2 Å². The van der Waals surface area contributed by atoms with E-state index in [1.807, 2.05) is 67.8 Å². The molecule has 0 aliphatic heterocycles. The fourth-order valence-electron chi connectivity index (χ4n) is 3.37. The van der Waals surface area contributed by atoms with E-state index >= 15 is 0 Å². The first kappa shape index (κ1) is 23.3. The molecule has 0 unspecified atom stereocenters. The first-order chi connectivity index (χ1) is 16.5. The average molecular weight is 477 g/mol. The van der Waals surface area contributed by atoms with E-state index in [1.54, 1.807) is 13.0 Å². The van der Waals surface area contributed by atoms with Crippen LogP contribution >= 0.6 is 11.3 Å². The fraction of sp³-hybridized carbons (Fsp3) is 0.192. The number of carbonyl (C=O) groups excluding carboxylic acids is 2. The number of rotatable bonds is 8. The predicted octanol–water partition coefficient (Wildman–Crippen LogP) is 6.21. The molecule has 34 heavy (non-hydrogen) atoms. The lowest BCUT2D eigenvalue weighted by molar-refractivity contribution is 0.0529. The lowest BCUT2D eigenvalue weighted by atomic mass is 10.0. The Bertz CT molecular complexity index is 1290. The maximum Gasteiger partial charge on any atom is 0.341 e. The second kappa shape index (κ2) is 10.4. The van der Waals surface area contributed by atoms with Crippen LogP contribution in [0, 0.1) is 6.92 Å². The van der Waals surface area contributed by atoms with Crippen molar-refractivity contribution in [1.29, 1.82) is 0 Å². The summed E-state index contributed by atoms with van der Waals surface area (Å²) in [6.45, 7) is 6.46. The Labute approximate surface area is 201 Å². The Hall–Kier alpha value is -3.91. The Morgan fingerprint density at radius 2 is 1.71 bits per heavy atom. The number of nitrogens with zero attached hydrogens (tertiary/aromatic N) is 1. The van der Waals surface area contributed by atoms with E-state index in [1.165, 1.54) is 11.3 Å². The van der Waals surface area contributed by atoms with Gasteiger partial charge in [-0.3, -0.25) is 4.79 Å². The highest BCUT2D eigenvalue weighted by Gasteiger charge is 2.24. The van der Waals surface area contributed by atoms with Crippen LogP contribution in [-0.2, 0) is 4.74 Å². The molecule has 0 aliphatic rings. The van der Waals surface area contributed by atoms with Gasteiger partial charge in [0.1, 0.15) is 16.3 Å². The summed E-state index contributed by atoms with van der Waals surface area (Å²) in [7, 11) is 0. The third kappa shape index (κ3) is 5.02. The Morgan fingerprint density at radius 1 is 1.00 bits per heavy atom.